The maximum atomic E-state index is 13.0. The molecule has 0 bridgehead atoms. The number of nitrogens with zero attached hydrogens (tertiary/aromatic N) is 2. The number of imide groups is 1. The molecule has 0 saturated carbocycles. The third-order valence-electron chi connectivity index (χ3n) is 5.55. The highest BCUT2D eigenvalue weighted by Gasteiger charge is 2.31. The van der Waals surface area contributed by atoms with Gasteiger partial charge in [0.25, 0.3) is 5.91 Å². The standard InChI is InChI=1S/C22H22N2O3/c1-23(19-8-4-6-15-5-2-3-7-18(15)19)22(27)16-9-11-17(12-10-16)24-20(25)13-14-21(24)26/h2-3,5,7,9-12,19H,4,6,8,13-14H2,1H3/t19-/m1/s1. The summed E-state index contributed by atoms with van der Waals surface area (Å²) in [7, 11) is 1.84. The molecule has 4 rings (SSSR count). The van der Waals surface area contributed by atoms with Crippen molar-refractivity contribution in [3.63, 3.8) is 0 Å². The third kappa shape index (κ3) is 3.14. The van der Waals surface area contributed by atoms with Crippen LogP contribution in [0.5, 0.6) is 0 Å². The minimum atomic E-state index is -0.185. The summed E-state index contributed by atoms with van der Waals surface area (Å²) in [6.07, 6.45) is 3.58. The number of carbonyl (C=O) groups excluding carboxylic acids is 3. The van der Waals surface area contributed by atoms with Crippen LogP contribution in [-0.4, -0.2) is 29.7 Å². The van der Waals surface area contributed by atoms with Crippen LogP contribution in [0.1, 0.15) is 53.2 Å². The van der Waals surface area contributed by atoms with Crippen molar-refractivity contribution in [3.05, 3.63) is 65.2 Å². The quantitative estimate of drug-likeness (QED) is 0.786. The number of fused-ring (bicyclic) bond motifs is 1. The van der Waals surface area contributed by atoms with Crippen molar-refractivity contribution in [2.45, 2.75) is 38.1 Å². The number of hydrogen-bond donors (Lipinski definition) is 0. The Morgan fingerprint density at radius 1 is 0.963 bits per heavy atom. The van der Waals surface area contributed by atoms with Crippen molar-refractivity contribution in [1.29, 1.82) is 0 Å². The van der Waals surface area contributed by atoms with Gasteiger partial charge in [-0.2, -0.15) is 0 Å². The predicted octanol–water partition coefficient (Wildman–Crippen LogP) is 3.49. The van der Waals surface area contributed by atoms with Crippen LogP contribution in [0.4, 0.5) is 5.69 Å². The predicted molar refractivity (Wildman–Crippen MR) is 102 cm³/mol. The molecule has 5 nitrogen and oxygen atoms in total. The van der Waals surface area contributed by atoms with Crippen molar-refractivity contribution in [1.82, 2.24) is 4.90 Å². The lowest BCUT2D eigenvalue weighted by Gasteiger charge is -2.33. The van der Waals surface area contributed by atoms with Crippen LogP contribution in [0.25, 0.3) is 0 Å². The van der Waals surface area contributed by atoms with Gasteiger partial charge in [0.2, 0.25) is 11.8 Å². The first-order valence-electron chi connectivity index (χ1n) is 9.37. The molecule has 5 heteroatoms. The summed E-state index contributed by atoms with van der Waals surface area (Å²) in [4.78, 5) is 39.7. The first-order chi connectivity index (χ1) is 13.1. The minimum absolute atomic E-state index is 0.0534. The lowest BCUT2D eigenvalue weighted by atomic mass is 9.87. The van der Waals surface area contributed by atoms with Gasteiger partial charge < -0.3 is 4.90 Å². The highest BCUT2D eigenvalue weighted by atomic mass is 16.2. The van der Waals surface area contributed by atoms with Gasteiger partial charge in [-0.3, -0.25) is 19.3 Å². The molecule has 1 atom stereocenters. The second kappa shape index (κ2) is 6.99. The van der Waals surface area contributed by atoms with Crippen molar-refractivity contribution >= 4 is 23.4 Å². The summed E-state index contributed by atoms with van der Waals surface area (Å²) in [6, 6.07) is 15.1. The maximum Gasteiger partial charge on any atom is 0.254 e. The Labute approximate surface area is 158 Å². The molecule has 138 valence electrons. The van der Waals surface area contributed by atoms with Crippen LogP contribution in [0.2, 0.25) is 0 Å². The van der Waals surface area contributed by atoms with Crippen molar-refractivity contribution < 1.29 is 14.4 Å². The van der Waals surface area contributed by atoms with Crippen LogP contribution in [0, 0.1) is 0 Å². The molecule has 1 aliphatic carbocycles. The van der Waals surface area contributed by atoms with Crippen LogP contribution in [0.3, 0.4) is 0 Å². The monoisotopic (exact) mass is 362 g/mol. The topological polar surface area (TPSA) is 57.7 Å². The molecule has 0 unspecified atom stereocenters. The number of amides is 3. The molecule has 2 aliphatic rings. The van der Waals surface area contributed by atoms with Crippen LogP contribution < -0.4 is 4.90 Å². The summed E-state index contributed by atoms with van der Waals surface area (Å²) in [5.41, 5.74) is 3.63. The zero-order valence-corrected chi connectivity index (χ0v) is 15.4. The summed E-state index contributed by atoms with van der Waals surface area (Å²) in [5, 5.41) is 0. The first-order valence-corrected chi connectivity index (χ1v) is 9.37. The van der Waals surface area contributed by atoms with Gasteiger partial charge in [-0.1, -0.05) is 24.3 Å². The highest BCUT2D eigenvalue weighted by Crippen LogP contribution is 2.34. The number of benzene rings is 2. The Kier molecular flexibility index (Phi) is 4.52. The Balaban J connectivity index is 1.55. The molecule has 0 spiro atoms. The molecule has 1 saturated heterocycles. The Hall–Kier alpha value is -2.95. The summed E-state index contributed by atoms with van der Waals surface area (Å²) < 4.78 is 0. The SMILES string of the molecule is CN(C(=O)c1ccc(N2C(=O)CCC2=O)cc1)[C@@H]1CCCc2ccccc21. The average molecular weight is 362 g/mol. The minimum Gasteiger partial charge on any atom is -0.335 e. The molecule has 0 N–H and O–H groups in total. The van der Waals surface area contributed by atoms with E-state index in [1.165, 1.54) is 16.0 Å². The van der Waals surface area contributed by atoms with Gasteiger partial charge in [0, 0.05) is 25.5 Å². The fraction of sp³-hybridized carbons (Fsp3) is 0.318. The molecular formula is C22H22N2O3. The summed E-state index contributed by atoms with van der Waals surface area (Å²) >= 11 is 0. The Morgan fingerprint density at radius 3 is 2.33 bits per heavy atom. The summed E-state index contributed by atoms with van der Waals surface area (Å²) in [6.45, 7) is 0. The molecule has 3 amide bonds. The molecule has 0 radical (unpaired) electrons. The maximum absolute atomic E-state index is 13.0. The third-order valence-corrected chi connectivity index (χ3v) is 5.55. The van der Waals surface area contributed by atoms with E-state index in [2.05, 4.69) is 12.1 Å². The van der Waals surface area contributed by atoms with Gasteiger partial charge in [0.15, 0.2) is 0 Å². The molecule has 1 aliphatic heterocycles. The molecule has 1 fully saturated rings. The van der Waals surface area contributed by atoms with Gasteiger partial charge >= 0.3 is 0 Å². The molecule has 1 heterocycles. The Bertz CT molecular complexity index is 888. The lowest BCUT2D eigenvalue weighted by molar-refractivity contribution is -0.121. The first kappa shape index (κ1) is 17.5. The second-order valence-corrected chi connectivity index (χ2v) is 7.19. The number of carbonyl (C=O) groups is 3. The van der Waals surface area contributed by atoms with Gasteiger partial charge in [-0.25, -0.2) is 0 Å². The van der Waals surface area contributed by atoms with E-state index in [0.717, 1.165) is 19.3 Å². The Morgan fingerprint density at radius 2 is 1.63 bits per heavy atom. The second-order valence-electron chi connectivity index (χ2n) is 7.19. The van der Waals surface area contributed by atoms with Crippen molar-refractivity contribution in [2.75, 3.05) is 11.9 Å². The fourth-order valence-electron chi connectivity index (χ4n) is 4.09. The van der Waals surface area contributed by atoms with E-state index in [1.54, 1.807) is 29.2 Å². The number of aryl methyl sites for hydroxylation is 1. The number of anilines is 1. The van der Waals surface area contributed by atoms with Gasteiger partial charge in [-0.15, -0.1) is 0 Å². The van der Waals surface area contributed by atoms with Crippen LogP contribution in [0.15, 0.2) is 48.5 Å². The van der Waals surface area contributed by atoms with Gasteiger partial charge in [0.1, 0.15) is 0 Å². The smallest absolute Gasteiger partial charge is 0.254 e. The lowest BCUT2D eigenvalue weighted by Crippen LogP contribution is -2.33. The zero-order valence-electron chi connectivity index (χ0n) is 15.4. The van der Waals surface area contributed by atoms with Crippen molar-refractivity contribution in [3.8, 4) is 0 Å². The largest absolute Gasteiger partial charge is 0.335 e. The van der Waals surface area contributed by atoms with E-state index in [4.69, 9.17) is 0 Å². The van der Waals surface area contributed by atoms with E-state index in [0.29, 0.717) is 11.3 Å². The number of rotatable bonds is 3. The molecular weight excluding hydrogens is 340 g/mol. The summed E-state index contributed by atoms with van der Waals surface area (Å²) in [5.74, 6) is -0.424. The average Bonchev–Trinajstić information content (AvgIpc) is 3.04. The molecule has 0 aromatic heterocycles. The molecule has 2 aromatic rings. The van der Waals surface area contributed by atoms with Gasteiger partial charge in [-0.05, 0) is 54.7 Å². The fourth-order valence-corrected chi connectivity index (χ4v) is 4.09. The molecule has 2 aromatic carbocycles. The van der Waals surface area contributed by atoms with Crippen molar-refractivity contribution in [2.24, 2.45) is 0 Å². The zero-order chi connectivity index (χ0) is 19.0. The van der Waals surface area contributed by atoms with Crippen LogP contribution >= 0.6 is 0 Å². The highest BCUT2D eigenvalue weighted by molar-refractivity contribution is 6.19. The van der Waals surface area contributed by atoms with E-state index in [-0.39, 0.29) is 36.6 Å². The normalized spacial score (nSPS) is 19.1. The van der Waals surface area contributed by atoms with E-state index < -0.39 is 0 Å². The van der Waals surface area contributed by atoms with Crippen LogP contribution in [-0.2, 0) is 16.0 Å². The van der Waals surface area contributed by atoms with E-state index in [9.17, 15) is 14.4 Å². The number of hydrogen-bond acceptors (Lipinski definition) is 3. The molecule has 27 heavy (non-hydrogen) atoms. The van der Waals surface area contributed by atoms with E-state index in [1.807, 2.05) is 19.2 Å². The van der Waals surface area contributed by atoms with E-state index >= 15 is 0 Å². The van der Waals surface area contributed by atoms with Gasteiger partial charge in [0.05, 0.1) is 11.7 Å².